The quantitative estimate of drug-likeness (QED) is 0.755. The standard InChI is InChI=1S/C19H30N2O3/c1-6-7-18(22)21(15(4)19(23)20-12-14(2)3)13-16-8-10-17(24-5)11-9-16/h8-11,14-15H,6-7,12-13H2,1-5H3,(H,20,23)/t15-/m1/s1. The Morgan fingerprint density at radius 2 is 1.79 bits per heavy atom. The molecule has 2 amide bonds. The van der Waals surface area contributed by atoms with E-state index in [-0.39, 0.29) is 11.8 Å². The van der Waals surface area contributed by atoms with E-state index in [1.54, 1.807) is 18.9 Å². The van der Waals surface area contributed by atoms with Gasteiger partial charge in [-0.1, -0.05) is 32.9 Å². The second-order valence-electron chi connectivity index (χ2n) is 6.43. The first-order valence-corrected chi connectivity index (χ1v) is 8.59. The molecule has 5 nitrogen and oxygen atoms in total. The van der Waals surface area contributed by atoms with E-state index in [2.05, 4.69) is 5.32 Å². The minimum Gasteiger partial charge on any atom is -0.497 e. The molecule has 0 aliphatic heterocycles. The Morgan fingerprint density at radius 3 is 2.29 bits per heavy atom. The molecular formula is C19H30N2O3. The van der Waals surface area contributed by atoms with E-state index in [4.69, 9.17) is 4.74 Å². The van der Waals surface area contributed by atoms with Gasteiger partial charge in [0.1, 0.15) is 11.8 Å². The predicted molar refractivity (Wildman–Crippen MR) is 95.8 cm³/mol. The van der Waals surface area contributed by atoms with E-state index in [9.17, 15) is 9.59 Å². The van der Waals surface area contributed by atoms with Crippen molar-refractivity contribution in [3.8, 4) is 5.75 Å². The lowest BCUT2D eigenvalue weighted by atomic mass is 10.1. The third-order valence-corrected chi connectivity index (χ3v) is 3.83. The van der Waals surface area contributed by atoms with Gasteiger partial charge in [-0.3, -0.25) is 9.59 Å². The van der Waals surface area contributed by atoms with Crippen LogP contribution in [0, 0.1) is 5.92 Å². The topological polar surface area (TPSA) is 58.6 Å². The maximum atomic E-state index is 12.5. The summed E-state index contributed by atoms with van der Waals surface area (Å²) >= 11 is 0. The Morgan fingerprint density at radius 1 is 1.17 bits per heavy atom. The van der Waals surface area contributed by atoms with Gasteiger partial charge in [0.2, 0.25) is 11.8 Å². The Hall–Kier alpha value is -2.04. The first-order chi connectivity index (χ1) is 11.4. The summed E-state index contributed by atoms with van der Waals surface area (Å²) in [5.74, 6) is 1.04. The highest BCUT2D eigenvalue weighted by Crippen LogP contribution is 2.16. The van der Waals surface area contributed by atoms with Crippen LogP contribution >= 0.6 is 0 Å². The number of hydrogen-bond acceptors (Lipinski definition) is 3. The third kappa shape index (κ3) is 6.22. The molecule has 0 heterocycles. The number of benzene rings is 1. The molecule has 0 radical (unpaired) electrons. The Bertz CT molecular complexity index is 526. The molecule has 24 heavy (non-hydrogen) atoms. The molecule has 1 atom stereocenters. The molecule has 1 rings (SSSR count). The molecule has 0 aliphatic rings. The van der Waals surface area contributed by atoms with Crippen molar-refractivity contribution in [2.45, 2.75) is 53.1 Å². The number of nitrogens with zero attached hydrogens (tertiary/aromatic N) is 1. The highest BCUT2D eigenvalue weighted by molar-refractivity contribution is 5.87. The number of amides is 2. The first kappa shape index (κ1) is 20.0. The highest BCUT2D eigenvalue weighted by Gasteiger charge is 2.25. The fraction of sp³-hybridized carbons (Fsp3) is 0.579. The summed E-state index contributed by atoms with van der Waals surface area (Å²) in [6.45, 7) is 8.87. The van der Waals surface area contributed by atoms with E-state index in [1.807, 2.05) is 45.0 Å². The lowest BCUT2D eigenvalue weighted by molar-refractivity contribution is -0.140. The van der Waals surface area contributed by atoms with Gasteiger partial charge < -0.3 is 15.0 Å². The number of nitrogens with one attached hydrogen (secondary N) is 1. The molecule has 0 aromatic heterocycles. The Kier molecular flexibility index (Phi) is 8.30. The molecule has 0 spiro atoms. The van der Waals surface area contributed by atoms with Crippen molar-refractivity contribution in [2.75, 3.05) is 13.7 Å². The number of hydrogen-bond donors (Lipinski definition) is 1. The van der Waals surface area contributed by atoms with Gasteiger partial charge in [0.15, 0.2) is 0 Å². The summed E-state index contributed by atoms with van der Waals surface area (Å²) in [6.07, 6.45) is 1.20. The number of ether oxygens (including phenoxy) is 1. The minimum atomic E-state index is -0.495. The van der Waals surface area contributed by atoms with E-state index >= 15 is 0 Å². The SMILES string of the molecule is CCCC(=O)N(Cc1ccc(OC)cc1)[C@H](C)C(=O)NCC(C)C. The van der Waals surface area contributed by atoms with Gasteiger partial charge in [0, 0.05) is 19.5 Å². The van der Waals surface area contributed by atoms with Gasteiger partial charge in [0.05, 0.1) is 7.11 Å². The molecule has 1 aromatic carbocycles. The maximum Gasteiger partial charge on any atom is 0.242 e. The number of rotatable bonds is 9. The molecule has 5 heteroatoms. The lowest BCUT2D eigenvalue weighted by Crippen LogP contribution is -2.48. The predicted octanol–water partition coefficient (Wildman–Crippen LogP) is 2.98. The maximum absolute atomic E-state index is 12.5. The largest absolute Gasteiger partial charge is 0.497 e. The van der Waals surface area contributed by atoms with Gasteiger partial charge in [-0.15, -0.1) is 0 Å². The smallest absolute Gasteiger partial charge is 0.242 e. The zero-order chi connectivity index (χ0) is 18.1. The Balaban J connectivity index is 2.85. The van der Waals surface area contributed by atoms with Crippen LogP contribution in [0.15, 0.2) is 24.3 Å². The summed E-state index contributed by atoms with van der Waals surface area (Å²) in [4.78, 5) is 26.5. The monoisotopic (exact) mass is 334 g/mol. The van der Waals surface area contributed by atoms with Crippen LogP contribution in [0.2, 0.25) is 0 Å². The van der Waals surface area contributed by atoms with E-state index < -0.39 is 6.04 Å². The average Bonchev–Trinajstić information content (AvgIpc) is 2.57. The Labute approximate surface area is 145 Å². The zero-order valence-corrected chi connectivity index (χ0v) is 15.5. The lowest BCUT2D eigenvalue weighted by Gasteiger charge is -2.29. The fourth-order valence-corrected chi connectivity index (χ4v) is 2.32. The van der Waals surface area contributed by atoms with Crippen LogP contribution in [0.4, 0.5) is 0 Å². The summed E-state index contributed by atoms with van der Waals surface area (Å²) < 4.78 is 5.16. The molecular weight excluding hydrogens is 304 g/mol. The van der Waals surface area contributed by atoms with Crippen molar-refractivity contribution < 1.29 is 14.3 Å². The summed E-state index contributed by atoms with van der Waals surface area (Å²) in [6, 6.07) is 7.07. The van der Waals surface area contributed by atoms with Crippen LogP contribution < -0.4 is 10.1 Å². The van der Waals surface area contributed by atoms with Gasteiger partial charge in [-0.2, -0.15) is 0 Å². The van der Waals surface area contributed by atoms with E-state index in [0.29, 0.717) is 25.4 Å². The van der Waals surface area contributed by atoms with Crippen LogP contribution in [0.25, 0.3) is 0 Å². The van der Waals surface area contributed by atoms with Crippen LogP contribution in [0.3, 0.4) is 0 Å². The number of carbonyl (C=O) groups is 2. The number of carbonyl (C=O) groups excluding carboxylic acids is 2. The van der Waals surface area contributed by atoms with Crippen molar-refractivity contribution in [3.05, 3.63) is 29.8 Å². The van der Waals surface area contributed by atoms with Gasteiger partial charge in [0.25, 0.3) is 0 Å². The highest BCUT2D eigenvalue weighted by atomic mass is 16.5. The molecule has 0 unspecified atom stereocenters. The van der Waals surface area contributed by atoms with Gasteiger partial charge in [-0.25, -0.2) is 0 Å². The molecule has 0 saturated heterocycles. The van der Waals surface area contributed by atoms with E-state index in [0.717, 1.165) is 17.7 Å². The van der Waals surface area contributed by atoms with Crippen LogP contribution in [0.5, 0.6) is 5.75 Å². The average molecular weight is 334 g/mol. The summed E-state index contributed by atoms with van der Waals surface area (Å²) in [5.41, 5.74) is 0.976. The number of methoxy groups -OCH3 is 1. The van der Waals surface area contributed by atoms with Gasteiger partial charge >= 0.3 is 0 Å². The zero-order valence-electron chi connectivity index (χ0n) is 15.5. The second kappa shape index (κ2) is 9.96. The molecule has 134 valence electrons. The fourth-order valence-electron chi connectivity index (χ4n) is 2.32. The molecule has 0 fully saturated rings. The molecule has 1 aromatic rings. The van der Waals surface area contributed by atoms with Crippen LogP contribution in [-0.4, -0.2) is 36.4 Å². The minimum absolute atomic E-state index is 0.000477. The summed E-state index contributed by atoms with van der Waals surface area (Å²) in [5, 5.41) is 2.91. The molecule has 0 saturated carbocycles. The summed E-state index contributed by atoms with van der Waals surface area (Å²) in [7, 11) is 1.62. The molecule has 0 aliphatic carbocycles. The normalized spacial score (nSPS) is 11.9. The van der Waals surface area contributed by atoms with Gasteiger partial charge in [-0.05, 0) is 37.0 Å². The third-order valence-electron chi connectivity index (χ3n) is 3.83. The van der Waals surface area contributed by atoms with Crippen molar-refractivity contribution in [2.24, 2.45) is 5.92 Å². The molecule has 0 bridgehead atoms. The van der Waals surface area contributed by atoms with Crippen molar-refractivity contribution >= 4 is 11.8 Å². The first-order valence-electron chi connectivity index (χ1n) is 8.59. The van der Waals surface area contributed by atoms with Crippen LogP contribution in [0.1, 0.15) is 46.1 Å². The molecule has 1 N–H and O–H groups in total. The van der Waals surface area contributed by atoms with Crippen molar-refractivity contribution in [1.82, 2.24) is 10.2 Å². The second-order valence-corrected chi connectivity index (χ2v) is 6.43. The van der Waals surface area contributed by atoms with Crippen molar-refractivity contribution in [3.63, 3.8) is 0 Å². The van der Waals surface area contributed by atoms with E-state index in [1.165, 1.54) is 0 Å². The van der Waals surface area contributed by atoms with Crippen molar-refractivity contribution in [1.29, 1.82) is 0 Å². The van der Waals surface area contributed by atoms with Crippen LogP contribution in [-0.2, 0) is 16.1 Å².